The number of rotatable bonds is 5. The van der Waals surface area contributed by atoms with Crippen LogP contribution in [0.5, 0.6) is 0 Å². The Morgan fingerprint density at radius 3 is 2.85 bits per heavy atom. The molecule has 3 aliphatic rings. The fourth-order valence-electron chi connectivity index (χ4n) is 5.69. The van der Waals surface area contributed by atoms with Crippen molar-refractivity contribution < 1.29 is 27.4 Å². The number of nitrogens with one attached hydrogen (secondary N) is 1. The first-order valence-electron chi connectivity index (χ1n) is 11.8. The highest BCUT2D eigenvalue weighted by Crippen LogP contribution is 2.47. The zero-order chi connectivity index (χ0) is 23.8. The molecule has 33 heavy (non-hydrogen) atoms. The molecule has 1 N–H and O–H groups in total. The molecule has 184 valence electrons. The lowest BCUT2D eigenvalue weighted by atomic mass is 9.74. The van der Waals surface area contributed by atoms with Gasteiger partial charge in [0, 0.05) is 57.2 Å². The standard InChI is InChI=1S/C24H34F3N3O3/c1-15(2)23(7-4-18(11-23)29-20-6-9-33-14-21(20)32-3)22(31)30-8-5-19-16(13-30)10-17(12-28-19)24(25,26)27/h10,12,15,18,20-21,29H,4-9,11,13-14H2,1-3H3/t18?,20-,21+,23-/m0/s1. The molecular weight excluding hydrogens is 435 g/mol. The third-order valence-electron chi connectivity index (χ3n) is 7.79. The monoisotopic (exact) mass is 469 g/mol. The summed E-state index contributed by atoms with van der Waals surface area (Å²) in [6, 6.07) is 1.55. The quantitative estimate of drug-likeness (QED) is 0.714. The fraction of sp³-hybridized carbons (Fsp3) is 0.750. The van der Waals surface area contributed by atoms with E-state index in [1.165, 1.54) is 0 Å². The molecule has 1 aromatic rings. The number of pyridine rings is 1. The zero-order valence-electron chi connectivity index (χ0n) is 19.6. The lowest BCUT2D eigenvalue weighted by molar-refractivity contribution is -0.146. The van der Waals surface area contributed by atoms with E-state index in [1.807, 2.05) is 0 Å². The van der Waals surface area contributed by atoms with Crippen LogP contribution in [-0.4, -0.2) is 60.8 Å². The van der Waals surface area contributed by atoms with Crippen LogP contribution >= 0.6 is 0 Å². The maximum absolute atomic E-state index is 13.8. The summed E-state index contributed by atoms with van der Waals surface area (Å²) in [6.07, 6.45) is 0.180. The Balaban J connectivity index is 1.48. The Morgan fingerprint density at radius 2 is 2.15 bits per heavy atom. The van der Waals surface area contributed by atoms with E-state index >= 15 is 0 Å². The number of amides is 1. The van der Waals surface area contributed by atoms with Crippen LogP contribution in [0.1, 0.15) is 56.4 Å². The van der Waals surface area contributed by atoms with Gasteiger partial charge >= 0.3 is 6.18 Å². The van der Waals surface area contributed by atoms with Crippen LogP contribution in [0.4, 0.5) is 13.2 Å². The zero-order valence-corrected chi connectivity index (χ0v) is 19.6. The van der Waals surface area contributed by atoms with Gasteiger partial charge in [-0.25, -0.2) is 0 Å². The average Bonchev–Trinajstić information content (AvgIpc) is 3.23. The highest BCUT2D eigenvalue weighted by Gasteiger charge is 2.50. The van der Waals surface area contributed by atoms with Gasteiger partial charge in [-0.15, -0.1) is 0 Å². The van der Waals surface area contributed by atoms with Crippen LogP contribution in [0, 0.1) is 11.3 Å². The summed E-state index contributed by atoms with van der Waals surface area (Å²) in [4.78, 5) is 19.6. The van der Waals surface area contributed by atoms with E-state index in [0.717, 1.165) is 37.9 Å². The molecule has 0 aromatic carbocycles. The number of ether oxygens (including phenoxy) is 2. The number of fused-ring (bicyclic) bond motifs is 1. The molecule has 6 nitrogen and oxygen atoms in total. The second kappa shape index (κ2) is 9.50. The summed E-state index contributed by atoms with van der Waals surface area (Å²) < 4.78 is 50.6. The number of hydrogen-bond donors (Lipinski definition) is 1. The molecule has 4 atom stereocenters. The van der Waals surface area contributed by atoms with Gasteiger partial charge in [0.15, 0.2) is 0 Å². The minimum atomic E-state index is -4.44. The molecule has 1 amide bonds. The van der Waals surface area contributed by atoms with Crippen molar-refractivity contribution in [2.24, 2.45) is 11.3 Å². The van der Waals surface area contributed by atoms with Gasteiger partial charge in [-0.1, -0.05) is 13.8 Å². The first-order valence-corrected chi connectivity index (χ1v) is 11.8. The lowest BCUT2D eigenvalue weighted by Crippen LogP contribution is -2.52. The fourth-order valence-corrected chi connectivity index (χ4v) is 5.69. The molecule has 2 aliphatic heterocycles. The Labute approximate surface area is 193 Å². The Bertz CT molecular complexity index is 863. The number of carbonyl (C=O) groups excluding carboxylic acids is 1. The van der Waals surface area contributed by atoms with Gasteiger partial charge in [0.25, 0.3) is 0 Å². The molecule has 2 fully saturated rings. The van der Waals surface area contributed by atoms with Gasteiger partial charge < -0.3 is 19.7 Å². The number of carbonyl (C=O) groups is 1. The Kier molecular flexibility index (Phi) is 7.03. The number of aromatic nitrogens is 1. The third kappa shape index (κ3) is 4.91. The van der Waals surface area contributed by atoms with Gasteiger partial charge in [0.1, 0.15) is 0 Å². The minimum Gasteiger partial charge on any atom is -0.379 e. The molecule has 0 spiro atoms. The van der Waals surface area contributed by atoms with Crippen LogP contribution in [-0.2, 0) is 33.4 Å². The molecular formula is C24H34F3N3O3. The van der Waals surface area contributed by atoms with Crippen LogP contribution in [0.15, 0.2) is 12.3 Å². The second-order valence-electron chi connectivity index (χ2n) is 9.97. The second-order valence-corrected chi connectivity index (χ2v) is 9.97. The molecule has 1 saturated carbocycles. The molecule has 1 unspecified atom stereocenters. The summed E-state index contributed by atoms with van der Waals surface area (Å²) in [5.41, 5.74) is -0.121. The van der Waals surface area contributed by atoms with E-state index in [-0.39, 0.29) is 36.6 Å². The van der Waals surface area contributed by atoms with Crippen molar-refractivity contribution in [2.75, 3.05) is 26.9 Å². The third-order valence-corrected chi connectivity index (χ3v) is 7.79. The topological polar surface area (TPSA) is 63.7 Å². The van der Waals surface area contributed by atoms with Crippen molar-refractivity contribution in [1.82, 2.24) is 15.2 Å². The highest BCUT2D eigenvalue weighted by atomic mass is 19.4. The number of hydrogen-bond acceptors (Lipinski definition) is 5. The summed E-state index contributed by atoms with van der Waals surface area (Å²) in [5, 5.41) is 3.72. The van der Waals surface area contributed by atoms with E-state index < -0.39 is 17.2 Å². The Morgan fingerprint density at radius 1 is 1.36 bits per heavy atom. The van der Waals surface area contributed by atoms with Crippen molar-refractivity contribution in [3.8, 4) is 0 Å². The van der Waals surface area contributed by atoms with Gasteiger partial charge in [-0.3, -0.25) is 9.78 Å². The van der Waals surface area contributed by atoms with E-state index in [9.17, 15) is 18.0 Å². The summed E-state index contributed by atoms with van der Waals surface area (Å²) in [7, 11) is 1.69. The van der Waals surface area contributed by atoms with Crippen molar-refractivity contribution in [3.05, 3.63) is 29.1 Å². The van der Waals surface area contributed by atoms with Crippen molar-refractivity contribution >= 4 is 5.91 Å². The van der Waals surface area contributed by atoms with Gasteiger partial charge in [-0.05, 0) is 43.2 Å². The van der Waals surface area contributed by atoms with Gasteiger partial charge in [0.2, 0.25) is 5.91 Å². The molecule has 4 rings (SSSR count). The molecule has 1 saturated heterocycles. The predicted octanol–water partition coefficient (Wildman–Crippen LogP) is 3.57. The number of halogens is 3. The maximum atomic E-state index is 13.8. The van der Waals surface area contributed by atoms with E-state index in [0.29, 0.717) is 37.4 Å². The van der Waals surface area contributed by atoms with Crippen LogP contribution in [0.3, 0.4) is 0 Å². The number of alkyl halides is 3. The van der Waals surface area contributed by atoms with Gasteiger partial charge in [0.05, 0.1) is 23.7 Å². The van der Waals surface area contributed by atoms with Crippen LogP contribution in [0.25, 0.3) is 0 Å². The largest absolute Gasteiger partial charge is 0.417 e. The first-order chi connectivity index (χ1) is 15.6. The van der Waals surface area contributed by atoms with E-state index in [1.54, 1.807) is 12.0 Å². The molecule has 1 aliphatic carbocycles. The molecule has 1 aromatic heterocycles. The lowest BCUT2D eigenvalue weighted by Gasteiger charge is -2.40. The van der Waals surface area contributed by atoms with E-state index in [4.69, 9.17) is 9.47 Å². The van der Waals surface area contributed by atoms with Crippen LogP contribution < -0.4 is 5.32 Å². The molecule has 0 radical (unpaired) electrons. The molecule has 0 bridgehead atoms. The SMILES string of the molecule is CO[C@@H]1COCC[C@@H]1NC1CC[C@@](C(=O)N2CCc3ncc(C(F)(F)F)cc3C2)(C(C)C)C1. The minimum absolute atomic E-state index is 0.00238. The smallest absolute Gasteiger partial charge is 0.379 e. The summed E-state index contributed by atoms with van der Waals surface area (Å²) >= 11 is 0. The maximum Gasteiger partial charge on any atom is 0.417 e. The number of methoxy groups -OCH3 is 1. The van der Waals surface area contributed by atoms with E-state index in [2.05, 4.69) is 24.1 Å². The van der Waals surface area contributed by atoms with Crippen molar-refractivity contribution in [1.29, 1.82) is 0 Å². The van der Waals surface area contributed by atoms with Crippen molar-refractivity contribution in [3.63, 3.8) is 0 Å². The van der Waals surface area contributed by atoms with Crippen molar-refractivity contribution in [2.45, 2.75) is 76.9 Å². The summed E-state index contributed by atoms with van der Waals surface area (Å²) in [5.74, 6) is 0.186. The normalized spacial score (nSPS) is 30.5. The van der Waals surface area contributed by atoms with Gasteiger partial charge in [-0.2, -0.15) is 13.2 Å². The first kappa shape index (κ1) is 24.4. The predicted molar refractivity (Wildman–Crippen MR) is 116 cm³/mol. The summed E-state index contributed by atoms with van der Waals surface area (Å²) in [6.45, 7) is 6.09. The Hall–Kier alpha value is -1.71. The average molecular weight is 470 g/mol. The number of nitrogens with zero attached hydrogens (tertiary/aromatic N) is 2. The van der Waals surface area contributed by atoms with Crippen LogP contribution in [0.2, 0.25) is 0 Å². The highest BCUT2D eigenvalue weighted by molar-refractivity contribution is 5.83. The molecule has 9 heteroatoms. The molecule has 3 heterocycles.